The van der Waals surface area contributed by atoms with E-state index in [1.807, 2.05) is 24.3 Å². The Balaban J connectivity index is 1.86. The highest BCUT2D eigenvalue weighted by Crippen LogP contribution is 2.26. The van der Waals surface area contributed by atoms with Crippen molar-refractivity contribution in [2.45, 2.75) is 44.6 Å². The van der Waals surface area contributed by atoms with Gasteiger partial charge in [-0.05, 0) is 36.5 Å². The molecule has 0 saturated heterocycles. The maximum atomic E-state index is 12.1. The molecule has 1 amide bonds. The van der Waals surface area contributed by atoms with E-state index >= 15 is 0 Å². The predicted octanol–water partition coefficient (Wildman–Crippen LogP) is 3.02. The summed E-state index contributed by atoms with van der Waals surface area (Å²) in [6.07, 6.45) is 6.67. The molecule has 0 aromatic heterocycles. The lowest BCUT2D eigenvalue weighted by Crippen LogP contribution is -2.46. The summed E-state index contributed by atoms with van der Waals surface area (Å²) in [5.74, 6) is 0.635. The molecule has 1 aliphatic carbocycles. The largest absolute Gasteiger partial charge is 0.352 e. The molecule has 1 unspecified atom stereocenters. The van der Waals surface area contributed by atoms with Crippen LogP contribution in [0.3, 0.4) is 0 Å². The molecule has 20 heavy (non-hydrogen) atoms. The number of benzene rings is 1. The van der Waals surface area contributed by atoms with Gasteiger partial charge in [-0.25, -0.2) is 0 Å². The molecule has 0 radical (unpaired) electrons. The molecule has 2 rings (SSSR count). The van der Waals surface area contributed by atoms with E-state index in [2.05, 4.69) is 21.2 Å². The fourth-order valence-corrected chi connectivity index (χ4v) is 3.22. The van der Waals surface area contributed by atoms with Crippen LogP contribution < -0.4 is 11.1 Å². The molecule has 0 bridgehead atoms. The lowest BCUT2D eigenvalue weighted by molar-refractivity contribution is -0.121. The van der Waals surface area contributed by atoms with Crippen molar-refractivity contribution in [1.82, 2.24) is 5.32 Å². The van der Waals surface area contributed by atoms with Crippen molar-refractivity contribution in [2.75, 3.05) is 6.54 Å². The van der Waals surface area contributed by atoms with Gasteiger partial charge in [-0.1, -0.05) is 47.3 Å². The van der Waals surface area contributed by atoms with Crippen LogP contribution in [-0.2, 0) is 11.2 Å². The summed E-state index contributed by atoms with van der Waals surface area (Å²) in [6.45, 7) is 0.538. The van der Waals surface area contributed by atoms with Crippen LogP contribution in [0, 0.1) is 5.92 Å². The Labute approximate surface area is 129 Å². The summed E-state index contributed by atoms with van der Waals surface area (Å²) in [5.41, 5.74) is 6.88. The van der Waals surface area contributed by atoms with Gasteiger partial charge in [-0.3, -0.25) is 4.79 Å². The molecular formula is C16H23BrN2O. The van der Waals surface area contributed by atoms with Gasteiger partial charge in [0.15, 0.2) is 0 Å². The topological polar surface area (TPSA) is 55.1 Å². The molecule has 4 heteroatoms. The molecule has 110 valence electrons. The summed E-state index contributed by atoms with van der Waals surface area (Å²) < 4.78 is 1.03. The Hall–Kier alpha value is -0.870. The van der Waals surface area contributed by atoms with Crippen LogP contribution in [0.5, 0.6) is 0 Å². The Morgan fingerprint density at radius 2 is 1.90 bits per heavy atom. The summed E-state index contributed by atoms with van der Waals surface area (Å²) in [7, 11) is 0. The molecule has 1 aromatic carbocycles. The van der Waals surface area contributed by atoms with Gasteiger partial charge in [-0.2, -0.15) is 0 Å². The molecule has 1 atom stereocenters. The van der Waals surface area contributed by atoms with Gasteiger partial charge >= 0.3 is 0 Å². The Kier molecular flexibility index (Phi) is 6.05. The van der Waals surface area contributed by atoms with Crippen molar-refractivity contribution < 1.29 is 4.79 Å². The molecular weight excluding hydrogens is 316 g/mol. The molecule has 3 nitrogen and oxygen atoms in total. The average Bonchev–Trinajstić information content (AvgIpc) is 2.48. The van der Waals surface area contributed by atoms with Gasteiger partial charge in [0, 0.05) is 17.1 Å². The zero-order valence-corrected chi connectivity index (χ0v) is 13.4. The third-order valence-electron chi connectivity index (χ3n) is 4.10. The molecule has 1 aromatic rings. The molecule has 1 saturated carbocycles. The van der Waals surface area contributed by atoms with E-state index in [0.717, 1.165) is 10.0 Å². The smallest absolute Gasteiger partial charge is 0.224 e. The second-order valence-electron chi connectivity index (χ2n) is 5.61. The minimum Gasteiger partial charge on any atom is -0.352 e. The van der Waals surface area contributed by atoms with E-state index in [1.54, 1.807) is 0 Å². The van der Waals surface area contributed by atoms with Crippen molar-refractivity contribution >= 4 is 21.8 Å². The highest BCUT2D eigenvalue weighted by Gasteiger charge is 2.23. The van der Waals surface area contributed by atoms with E-state index in [0.29, 0.717) is 18.9 Å². The van der Waals surface area contributed by atoms with Crippen molar-refractivity contribution in [3.8, 4) is 0 Å². The first-order valence-electron chi connectivity index (χ1n) is 7.43. The Bertz CT molecular complexity index is 427. The molecule has 0 aliphatic heterocycles. The number of hydrogen-bond donors (Lipinski definition) is 2. The van der Waals surface area contributed by atoms with Crippen LogP contribution >= 0.6 is 15.9 Å². The van der Waals surface area contributed by atoms with Gasteiger partial charge in [0.1, 0.15) is 0 Å². The second kappa shape index (κ2) is 7.79. The number of carbonyl (C=O) groups excluding carboxylic acids is 1. The average molecular weight is 339 g/mol. The van der Waals surface area contributed by atoms with Crippen LogP contribution in [0.1, 0.15) is 37.7 Å². The minimum absolute atomic E-state index is 0.0772. The van der Waals surface area contributed by atoms with Crippen LogP contribution in [0.2, 0.25) is 0 Å². The quantitative estimate of drug-likeness (QED) is 0.866. The summed E-state index contributed by atoms with van der Waals surface area (Å²) in [6, 6.07) is 8.01. The number of halogens is 1. The first-order valence-corrected chi connectivity index (χ1v) is 8.22. The van der Waals surface area contributed by atoms with Gasteiger partial charge in [-0.15, -0.1) is 0 Å². The molecule has 0 heterocycles. The molecule has 1 fully saturated rings. The van der Waals surface area contributed by atoms with Crippen molar-refractivity contribution in [1.29, 1.82) is 0 Å². The second-order valence-corrected chi connectivity index (χ2v) is 6.53. The first-order chi connectivity index (χ1) is 9.69. The fraction of sp³-hybridized carbons (Fsp3) is 0.562. The lowest BCUT2D eigenvalue weighted by Gasteiger charge is -2.30. The van der Waals surface area contributed by atoms with Crippen molar-refractivity contribution in [3.63, 3.8) is 0 Å². The van der Waals surface area contributed by atoms with Crippen molar-refractivity contribution in [2.24, 2.45) is 11.7 Å². The highest BCUT2D eigenvalue weighted by molar-refractivity contribution is 9.10. The monoisotopic (exact) mass is 338 g/mol. The zero-order valence-electron chi connectivity index (χ0n) is 11.8. The first kappa shape index (κ1) is 15.5. The maximum absolute atomic E-state index is 12.1. The van der Waals surface area contributed by atoms with Gasteiger partial charge < -0.3 is 11.1 Å². The standard InChI is InChI=1S/C16H23BrN2O/c17-14-8-6-12(7-9-14)10-16(20)19-15(11-18)13-4-2-1-3-5-13/h6-9,13,15H,1-5,10-11,18H2,(H,19,20). The van der Waals surface area contributed by atoms with E-state index in [1.165, 1.54) is 32.1 Å². The number of rotatable bonds is 5. The van der Waals surface area contributed by atoms with Crippen LogP contribution in [0.25, 0.3) is 0 Å². The molecule has 3 N–H and O–H groups in total. The van der Waals surface area contributed by atoms with Crippen molar-refractivity contribution in [3.05, 3.63) is 34.3 Å². The Morgan fingerprint density at radius 3 is 2.50 bits per heavy atom. The predicted molar refractivity (Wildman–Crippen MR) is 85.4 cm³/mol. The summed E-state index contributed by atoms with van der Waals surface area (Å²) in [5, 5.41) is 3.12. The van der Waals surface area contributed by atoms with Gasteiger partial charge in [0.25, 0.3) is 0 Å². The van der Waals surface area contributed by atoms with Gasteiger partial charge in [0.05, 0.1) is 6.42 Å². The number of nitrogens with two attached hydrogens (primary N) is 1. The van der Waals surface area contributed by atoms with E-state index in [-0.39, 0.29) is 11.9 Å². The van der Waals surface area contributed by atoms with Crippen LogP contribution in [0.4, 0.5) is 0 Å². The number of nitrogens with one attached hydrogen (secondary N) is 1. The molecule has 0 spiro atoms. The SMILES string of the molecule is NCC(NC(=O)Cc1ccc(Br)cc1)C1CCCCC1. The van der Waals surface area contributed by atoms with Crippen LogP contribution in [-0.4, -0.2) is 18.5 Å². The molecule has 1 aliphatic rings. The van der Waals surface area contributed by atoms with Crippen LogP contribution in [0.15, 0.2) is 28.7 Å². The summed E-state index contributed by atoms with van der Waals surface area (Å²) in [4.78, 5) is 12.1. The number of amides is 1. The normalized spacial score (nSPS) is 17.7. The lowest BCUT2D eigenvalue weighted by atomic mass is 9.84. The number of carbonyl (C=O) groups is 1. The third-order valence-corrected chi connectivity index (χ3v) is 4.63. The van der Waals surface area contributed by atoms with E-state index in [9.17, 15) is 4.79 Å². The van der Waals surface area contributed by atoms with E-state index < -0.39 is 0 Å². The third kappa shape index (κ3) is 4.60. The zero-order chi connectivity index (χ0) is 14.4. The summed E-state index contributed by atoms with van der Waals surface area (Å²) >= 11 is 3.40. The van der Waals surface area contributed by atoms with Gasteiger partial charge in [0.2, 0.25) is 5.91 Å². The highest BCUT2D eigenvalue weighted by atomic mass is 79.9. The van der Waals surface area contributed by atoms with E-state index in [4.69, 9.17) is 5.73 Å². The Morgan fingerprint density at radius 1 is 1.25 bits per heavy atom. The fourth-order valence-electron chi connectivity index (χ4n) is 2.95. The number of hydrogen-bond acceptors (Lipinski definition) is 2. The minimum atomic E-state index is 0.0772. The maximum Gasteiger partial charge on any atom is 0.224 e.